The van der Waals surface area contributed by atoms with E-state index in [1.165, 1.54) is 25.6 Å². The fourth-order valence-electron chi connectivity index (χ4n) is 1.33. The lowest BCUT2D eigenvalue weighted by molar-refractivity contribution is 0.173. The van der Waals surface area contributed by atoms with E-state index in [-0.39, 0.29) is 17.5 Å². The van der Waals surface area contributed by atoms with Crippen molar-refractivity contribution in [2.45, 2.75) is 24.3 Å². The van der Waals surface area contributed by atoms with Gasteiger partial charge in [0.1, 0.15) is 4.90 Å². The highest BCUT2D eigenvalue weighted by atomic mass is 32.2. The molecule has 0 radical (unpaired) electrons. The summed E-state index contributed by atoms with van der Waals surface area (Å²) < 4.78 is 31.1. The van der Waals surface area contributed by atoms with Crippen molar-refractivity contribution >= 4 is 10.0 Å². The van der Waals surface area contributed by atoms with Gasteiger partial charge in [-0.3, -0.25) is 4.79 Å². The molecule has 0 saturated heterocycles. The van der Waals surface area contributed by atoms with Crippen LogP contribution in [0, 0.1) is 0 Å². The van der Waals surface area contributed by atoms with Gasteiger partial charge in [-0.1, -0.05) is 6.92 Å². The Labute approximate surface area is 100 Å². The lowest BCUT2D eigenvalue weighted by atomic mass is 10.3. The monoisotopic (exact) mass is 260 g/mol. The molecule has 0 amide bonds. The Morgan fingerprint density at radius 1 is 1.53 bits per heavy atom. The number of nitrogens with one attached hydrogen (secondary N) is 2. The molecule has 0 aliphatic carbocycles. The third kappa shape index (κ3) is 3.65. The predicted octanol–water partition coefficient (Wildman–Crippen LogP) is 0.0782. The van der Waals surface area contributed by atoms with Gasteiger partial charge >= 0.3 is 0 Å². The summed E-state index contributed by atoms with van der Waals surface area (Å²) in [5, 5.41) is 0. The molecule has 0 fully saturated rings. The molecule has 0 spiro atoms. The quantitative estimate of drug-likeness (QED) is 0.758. The standard InChI is InChI=1S/C10H16N2O4S/c1-3-8(7-16-2)12-17(14,15)10-6-11-5-4-9(10)13/h4-6,8,12H,3,7H2,1-2H3,(H,11,13). The molecule has 6 nitrogen and oxygen atoms in total. The average molecular weight is 260 g/mol. The second-order valence-electron chi connectivity index (χ2n) is 3.55. The van der Waals surface area contributed by atoms with Crippen LogP contribution in [0.5, 0.6) is 0 Å². The second-order valence-corrected chi connectivity index (χ2v) is 5.24. The van der Waals surface area contributed by atoms with Crippen molar-refractivity contribution in [2.75, 3.05) is 13.7 Å². The van der Waals surface area contributed by atoms with Gasteiger partial charge in [0.2, 0.25) is 15.5 Å². The van der Waals surface area contributed by atoms with Gasteiger partial charge in [-0.05, 0) is 6.42 Å². The normalized spacial score (nSPS) is 13.5. The summed E-state index contributed by atoms with van der Waals surface area (Å²) in [5.74, 6) is 0. The Bertz CT molecular complexity index is 509. The second kappa shape index (κ2) is 5.95. The predicted molar refractivity (Wildman–Crippen MR) is 63.3 cm³/mol. The van der Waals surface area contributed by atoms with Gasteiger partial charge in [0.05, 0.1) is 6.61 Å². The molecule has 1 rings (SSSR count). The van der Waals surface area contributed by atoms with E-state index < -0.39 is 15.5 Å². The molecule has 0 aliphatic heterocycles. The number of methoxy groups -OCH3 is 1. The first kappa shape index (κ1) is 13.9. The first-order chi connectivity index (χ1) is 8.01. The maximum Gasteiger partial charge on any atom is 0.246 e. The van der Waals surface area contributed by atoms with Gasteiger partial charge in [0.15, 0.2) is 0 Å². The number of rotatable bonds is 6. The largest absolute Gasteiger partial charge is 0.383 e. The van der Waals surface area contributed by atoms with Crippen molar-refractivity contribution in [3.8, 4) is 0 Å². The van der Waals surface area contributed by atoms with E-state index in [2.05, 4.69) is 9.71 Å². The van der Waals surface area contributed by atoms with E-state index in [4.69, 9.17) is 4.74 Å². The Kier molecular flexibility index (Phi) is 4.86. The van der Waals surface area contributed by atoms with E-state index in [1.54, 1.807) is 0 Å². The third-order valence-electron chi connectivity index (χ3n) is 2.26. The molecule has 17 heavy (non-hydrogen) atoms. The van der Waals surface area contributed by atoms with Crippen LogP contribution >= 0.6 is 0 Å². The Morgan fingerprint density at radius 2 is 2.24 bits per heavy atom. The molecule has 0 bridgehead atoms. The van der Waals surface area contributed by atoms with Crippen LogP contribution in [0.4, 0.5) is 0 Å². The van der Waals surface area contributed by atoms with Crippen molar-refractivity contribution < 1.29 is 13.2 Å². The molecule has 1 aromatic heterocycles. The summed E-state index contributed by atoms with van der Waals surface area (Å²) in [7, 11) is -2.31. The summed E-state index contributed by atoms with van der Waals surface area (Å²) >= 11 is 0. The summed E-state index contributed by atoms with van der Waals surface area (Å²) in [6.07, 6.45) is 3.13. The number of sulfonamides is 1. The van der Waals surface area contributed by atoms with Crippen LogP contribution in [0.3, 0.4) is 0 Å². The zero-order valence-electron chi connectivity index (χ0n) is 9.76. The Morgan fingerprint density at radius 3 is 2.76 bits per heavy atom. The van der Waals surface area contributed by atoms with E-state index in [9.17, 15) is 13.2 Å². The van der Waals surface area contributed by atoms with Crippen LogP contribution in [0.1, 0.15) is 13.3 Å². The highest BCUT2D eigenvalue weighted by Gasteiger charge is 2.21. The van der Waals surface area contributed by atoms with Crippen LogP contribution < -0.4 is 10.2 Å². The minimum absolute atomic E-state index is 0.264. The molecule has 0 saturated carbocycles. The lowest BCUT2D eigenvalue weighted by Gasteiger charge is -2.15. The van der Waals surface area contributed by atoms with Gasteiger partial charge in [-0.2, -0.15) is 0 Å². The molecule has 7 heteroatoms. The van der Waals surface area contributed by atoms with Crippen LogP contribution in [0.2, 0.25) is 0 Å². The van der Waals surface area contributed by atoms with E-state index in [0.717, 1.165) is 0 Å². The summed E-state index contributed by atoms with van der Waals surface area (Å²) in [6.45, 7) is 2.10. The fraction of sp³-hybridized carbons (Fsp3) is 0.500. The number of pyridine rings is 1. The fourth-order valence-corrected chi connectivity index (χ4v) is 2.69. The number of hydrogen-bond donors (Lipinski definition) is 2. The minimum Gasteiger partial charge on any atom is -0.383 e. The van der Waals surface area contributed by atoms with Gasteiger partial charge in [-0.15, -0.1) is 0 Å². The van der Waals surface area contributed by atoms with E-state index >= 15 is 0 Å². The smallest absolute Gasteiger partial charge is 0.246 e. The molecule has 2 N–H and O–H groups in total. The topological polar surface area (TPSA) is 88.3 Å². The molecular weight excluding hydrogens is 244 g/mol. The molecule has 1 atom stereocenters. The van der Waals surface area contributed by atoms with Gasteiger partial charge in [0.25, 0.3) is 0 Å². The summed E-state index contributed by atoms with van der Waals surface area (Å²) in [4.78, 5) is 13.7. The highest BCUT2D eigenvalue weighted by Crippen LogP contribution is 2.03. The number of aromatic nitrogens is 1. The maximum atomic E-state index is 11.9. The van der Waals surface area contributed by atoms with Crippen molar-refractivity contribution in [1.29, 1.82) is 0 Å². The average Bonchev–Trinajstić information content (AvgIpc) is 2.28. The van der Waals surface area contributed by atoms with Crippen molar-refractivity contribution in [2.24, 2.45) is 0 Å². The highest BCUT2D eigenvalue weighted by molar-refractivity contribution is 7.89. The zero-order valence-corrected chi connectivity index (χ0v) is 10.6. The lowest BCUT2D eigenvalue weighted by Crippen LogP contribution is -2.39. The number of ether oxygens (including phenoxy) is 1. The molecular formula is C10H16N2O4S. The number of aromatic amines is 1. The van der Waals surface area contributed by atoms with Crippen molar-refractivity contribution in [1.82, 2.24) is 9.71 Å². The van der Waals surface area contributed by atoms with Crippen molar-refractivity contribution in [3.63, 3.8) is 0 Å². The van der Waals surface area contributed by atoms with E-state index in [0.29, 0.717) is 6.42 Å². The maximum absolute atomic E-state index is 11.9. The summed E-state index contributed by atoms with van der Waals surface area (Å²) in [5.41, 5.74) is -0.538. The minimum atomic E-state index is -3.80. The molecule has 96 valence electrons. The van der Waals surface area contributed by atoms with Crippen molar-refractivity contribution in [3.05, 3.63) is 28.7 Å². The first-order valence-corrected chi connectivity index (χ1v) is 6.68. The number of hydrogen-bond acceptors (Lipinski definition) is 4. The van der Waals surface area contributed by atoms with Crippen LogP contribution in [-0.4, -0.2) is 33.2 Å². The third-order valence-corrected chi connectivity index (χ3v) is 3.80. The molecule has 1 unspecified atom stereocenters. The summed E-state index contributed by atoms with van der Waals surface area (Å²) in [6, 6.07) is 0.829. The SMILES string of the molecule is CCC(COC)NS(=O)(=O)c1c[nH]ccc1=O. The van der Waals surface area contributed by atoms with Gasteiger partial charge in [-0.25, -0.2) is 13.1 Å². The molecule has 0 aliphatic rings. The van der Waals surface area contributed by atoms with E-state index in [1.807, 2.05) is 6.92 Å². The Hall–Kier alpha value is -1.18. The van der Waals surface area contributed by atoms with Crippen LogP contribution in [0.15, 0.2) is 28.2 Å². The van der Waals surface area contributed by atoms with Gasteiger partial charge in [0, 0.05) is 31.6 Å². The zero-order chi connectivity index (χ0) is 12.9. The first-order valence-electron chi connectivity index (χ1n) is 5.19. The van der Waals surface area contributed by atoms with Crippen LogP contribution in [0.25, 0.3) is 0 Å². The Balaban J connectivity index is 2.97. The number of H-pyrrole nitrogens is 1. The molecule has 1 aromatic rings. The molecule has 1 heterocycles. The molecule has 0 aromatic carbocycles. The van der Waals surface area contributed by atoms with Gasteiger partial charge < -0.3 is 9.72 Å². The van der Waals surface area contributed by atoms with Crippen LogP contribution in [-0.2, 0) is 14.8 Å².